The molecular weight excluding hydrogens is 300 g/mol. The Kier molecular flexibility index (Phi) is 4.57. The molecule has 0 aromatic carbocycles. The van der Waals surface area contributed by atoms with Crippen LogP contribution < -0.4 is 0 Å². The quantitative estimate of drug-likeness (QED) is 0.869. The van der Waals surface area contributed by atoms with Crippen LogP contribution in [-0.2, 0) is 11.2 Å². The molecule has 1 saturated heterocycles. The van der Waals surface area contributed by atoms with Crippen LogP contribution in [0.25, 0.3) is 0 Å². The molecule has 3 rings (SSSR count). The molecule has 1 unspecified atom stereocenters. The van der Waals surface area contributed by atoms with Crippen molar-refractivity contribution in [2.24, 2.45) is 0 Å². The topological polar surface area (TPSA) is 59.5 Å². The fourth-order valence-electron chi connectivity index (χ4n) is 2.74. The van der Waals surface area contributed by atoms with Crippen molar-refractivity contribution in [3.8, 4) is 0 Å². The van der Waals surface area contributed by atoms with E-state index in [1.165, 1.54) is 0 Å². The summed E-state index contributed by atoms with van der Waals surface area (Å²) in [5.41, 5.74) is 1.73. The molecule has 1 fully saturated rings. The lowest BCUT2D eigenvalue weighted by Crippen LogP contribution is -2.34. The van der Waals surface area contributed by atoms with Gasteiger partial charge in [-0.15, -0.1) is 11.8 Å². The second kappa shape index (κ2) is 6.60. The van der Waals surface area contributed by atoms with Gasteiger partial charge in [-0.3, -0.25) is 4.79 Å². The molecule has 6 heteroatoms. The van der Waals surface area contributed by atoms with Gasteiger partial charge in [0.2, 0.25) is 5.91 Å². The van der Waals surface area contributed by atoms with E-state index in [2.05, 4.69) is 5.16 Å². The Morgan fingerprint density at radius 2 is 2.32 bits per heavy atom. The normalized spacial score (nSPS) is 19.2. The number of furan rings is 1. The molecule has 0 N–H and O–H groups in total. The van der Waals surface area contributed by atoms with Crippen LogP contribution in [0.1, 0.15) is 34.4 Å². The van der Waals surface area contributed by atoms with Gasteiger partial charge >= 0.3 is 0 Å². The van der Waals surface area contributed by atoms with Crippen LogP contribution in [0.2, 0.25) is 0 Å². The molecule has 0 aliphatic carbocycles. The summed E-state index contributed by atoms with van der Waals surface area (Å²) in [6.07, 6.45) is 3.00. The van der Waals surface area contributed by atoms with E-state index < -0.39 is 0 Å². The third-order valence-corrected chi connectivity index (χ3v) is 5.35. The second-order valence-electron chi connectivity index (χ2n) is 5.52. The number of carbonyl (C=O) groups excluding carboxylic acids is 1. The molecule has 1 aliphatic rings. The first kappa shape index (κ1) is 15.2. The molecule has 0 spiro atoms. The Labute approximate surface area is 134 Å². The van der Waals surface area contributed by atoms with Crippen molar-refractivity contribution in [1.29, 1.82) is 0 Å². The number of nitrogens with zero attached hydrogens (tertiary/aromatic N) is 2. The highest BCUT2D eigenvalue weighted by Crippen LogP contribution is 2.34. The highest BCUT2D eigenvalue weighted by molar-refractivity contribution is 7.99. The summed E-state index contributed by atoms with van der Waals surface area (Å²) in [7, 11) is 0. The van der Waals surface area contributed by atoms with Gasteiger partial charge in [0, 0.05) is 24.4 Å². The summed E-state index contributed by atoms with van der Waals surface area (Å²) in [4.78, 5) is 14.5. The predicted octanol–water partition coefficient (Wildman–Crippen LogP) is 3.13. The SMILES string of the molecule is Cc1noc(C)c1CC(=O)N1CCSC(c2ccco2)CC1. The minimum absolute atomic E-state index is 0.148. The number of carbonyl (C=O) groups is 1. The summed E-state index contributed by atoms with van der Waals surface area (Å²) in [6.45, 7) is 5.28. The van der Waals surface area contributed by atoms with Gasteiger partial charge < -0.3 is 13.8 Å². The molecule has 118 valence electrons. The molecule has 0 bridgehead atoms. The van der Waals surface area contributed by atoms with Gasteiger partial charge in [0.15, 0.2) is 0 Å². The molecule has 5 nitrogen and oxygen atoms in total. The lowest BCUT2D eigenvalue weighted by molar-refractivity contribution is -0.130. The van der Waals surface area contributed by atoms with E-state index in [-0.39, 0.29) is 5.91 Å². The van der Waals surface area contributed by atoms with Crippen LogP contribution in [0, 0.1) is 13.8 Å². The van der Waals surface area contributed by atoms with E-state index in [0.29, 0.717) is 11.7 Å². The molecule has 2 aromatic rings. The van der Waals surface area contributed by atoms with Gasteiger partial charge in [-0.25, -0.2) is 0 Å². The molecule has 1 aliphatic heterocycles. The average Bonchev–Trinajstić information content (AvgIpc) is 3.06. The summed E-state index contributed by atoms with van der Waals surface area (Å²) in [5, 5.41) is 4.26. The second-order valence-corrected chi connectivity index (χ2v) is 6.83. The van der Waals surface area contributed by atoms with E-state index in [0.717, 1.165) is 48.0 Å². The molecule has 1 amide bonds. The summed E-state index contributed by atoms with van der Waals surface area (Å²) in [5.74, 6) is 2.82. The highest BCUT2D eigenvalue weighted by Gasteiger charge is 2.24. The highest BCUT2D eigenvalue weighted by atomic mass is 32.2. The van der Waals surface area contributed by atoms with Crippen LogP contribution in [0.4, 0.5) is 0 Å². The number of hydrogen-bond acceptors (Lipinski definition) is 5. The number of amides is 1. The maximum absolute atomic E-state index is 12.5. The molecule has 0 radical (unpaired) electrons. The van der Waals surface area contributed by atoms with Crippen molar-refractivity contribution < 1.29 is 13.7 Å². The number of aryl methyl sites for hydroxylation is 2. The van der Waals surface area contributed by atoms with Crippen molar-refractivity contribution in [2.75, 3.05) is 18.8 Å². The van der Waals surface area contributed by atoms with E-state index >= 15 is 0 Å². The lowest BCUT2D eigenvalue weighted by atomic mass is 10.1. The van der Waals surface area contributed by atoms with Gasteiger partial charge in [-0.1, -0.05) is 5.16 Å². The van der Waals surface area contributed by atoms with Gasteiger partial charge in [-0.2, -0.15) is 0 Å². The third kappa shape index (κ3) is 3.21. The van der Waals surface area contributed by atoms with Gasteiger partial charge in [0.1, 0.15) is 11.5 Å². The first-order valence-corrected chi connectivity index (χ1v) is 8.54. The first-order chi connectivity index (χ1) is 10.6. The molecule has 2 aromatic heterocycles. The van der Waals surface area contributed by atoms with E-state index in [1.807, 2.05) is 42.6 Å². The minimum atomic E-state index is 0.148. The van der Waals surface area contributed by atoms with E-state index in [9.17, 15) is 4.79 Å². The number of thioether (sulfide) groups is 1. The fraction of sp³-hybridized carbons (Fsp3) is 0.500. The maximum Gasteiger partial charge on any atom is 0.227 e. The van der Waals surface area contributed by atoms with Gasteiger partial charge in [0.05, 0.1) is 23.6 Å². The number of rotatable bonds is 3. The molecule has 22 heavy (non-hydrogen) atoms. The molecule has 0 saturated carbocycles. The monoisotopic (exact) mass is 320 g/mol. The summed E-state index contributed by atoms with van der Waals surface area (Å²) in [6, 6.07) is 3.93. The van der Waals surface area contributed by atoms with Crippen LogP contribution in [0.3, 0.4) is 0 Å². The van der Waals surface area contributed by atoms with Crippen molar-refractivity contribution >= 4 is 17.7 Å². The average molecular weight is 320 g/mol. The van der Waals surface area contributed by atoms with Crippen LogP contribution in [-0.4, -0.2) is 34.8 Å². The smallest absolute Gasteiger partial charge is 0.227 e. The van der Waals surface area contributed by atoms with Gasteiger partial charge in [0.25, 0.3) is 0 Å². The Morgan fingerprint density at radius 1 is 1.45 bits per heavy atom. The standard InChI is InChI=1S/C16H20N2O3S/c1-11-13(12(2)21-17-11)10-16(19)18-6-5-15(22-9-7-18)14-4-3-8-20-14/h3-4,8,15H,5-7,9-10H2,1-2H3. The van der Waals surface area contributed by atoms with E-state index in [4.69, 9.17) is 8.94 Å². The first-order valence-electron chi connectivity index (χ1n) is 7.49. The Hall–Kier alpha value is -1.69. The molecular formula is C16H20N2O3S. The third-order valence-electron chi connectivity index (χ3n) is 4.06. The lowest BCUT2D eigenvalue weighted by Gasteiger charge is -2.20. The zero-order valence-electron chi connectivity index (χ0n) is 12.9. The van der Waals surface area contributed by atoms with Crippen molar-refractivity contribution in [3.05, 3.63) is 41.2 Å². The fourth-order valence-corrected chi connectivity index (χ4v) is 3.92. The van der Waals surface area contributed by atoms with Crippen LogP contribution >= 0.6 is 11.8 Å². The van der Waals surface area contributed by atoms with Crippen molar-refractivity contribution in [1.82, 2.24) is 10.1 Å². The zero-order valence-corrected chi connectivity index (χ0v) is 13.7. The number of hydrogen-bond donors (Lipinski definition) is 0. The molecule has 3 heterocycles. The Morgan fingerprint density at radius 3 is 3.00 bits per heavy atom. The predicted molar refractivity (Wildman–Crippen MR) is 84.8 cm³/mol. The van der Waals surface area contributed by atoms with Crippen molar-refractivity contribution in [3.63, 3.8) is 0 Å². The largest absolute Gasteiger partial charge is 0.468 e. The van der Waals surface area contributed by atoms with E-state index in [1.54, 1.807) is 6.26 Å². The summed E-state index contributed by atoms with van der Waals surface area (Å²) < 4.78 is 10.6. The van der Waals surface area contributed by atoms with Gasteiger partial charge in [-0.05, 0) is 32.4 Å². The number of aromatic nitrogens is 1. The summed E-state index contributed by atoms with van der Waals surface area (Å²) >= 11 is 1.86. The maximum atomic E-state index is 12.5. The Balaban J connectivity index is 1.62. The van der Waals surface area contributed by atoms with Crippen LogP contribution in [0.15, 0.2) is 27.3 Å². The molecule has 1 atom stereocenters. The van der Waals surface area contributed by atoms with Crippen molar-refractivity contribution in [2.45, 2.75) is 31.9 Å². The Bertz CT molecular complexity index is 616. The zero-order chi connectivity index (χ0) is 15.5. The minimum Gasteiger partial charge on any atom is -0.468 e. The van der Waals surface area contributed by atoms with Crippen LogP contribution in [0.5, 0.6) is 0 Å².